The number of sulfonamides is 1. The Labute approximate surface area is 229 Å². The van der Waals surface area contributed by atoms with Crippen LogP contribution >= 0.6 is 0 Å². The van der Waals surface area contributed by atoms with Gasteiger partial charge >= 0.3 is 12.1 Å². The van der Waals surface area contributed by atoms with E-state index < -0.39 is 27.6 Å². The number of carbonyl (C=O) groups is 2. The van der Waals surface area contributed by atoms with Gasteiger partial charge in [0.05, 0.1) is 24.5 Å². The van der Waals surface area contributed by atoms with Crippen molar-refractivity contribution in [2.45, 2.75) is 35.9 Å². The molecule has 1 amide bonds. The topological polar surface area (TPSA) is 131 Å². The molecule has 4 rings (SSSR count). The third-order valence-electron chi connectivity index (χ3n) is 6.08. The summed E-state index contributed by atoms with van der Waals surface area (Å²) >= 11 is 0. The highest BCUT2D eigenvalue weighted by Crippen LogP contribution is 2.48. The third kappa shape index (κ3) is 7.44. The molecule has 13 heteroatoms. The standard InChI is InChI=1S/C25H26N2O5S.C2HF3O2/c1-31-22-13-12-21(16-23(22)32-2)33(29,30)27-20-10-8-19(9-11-20)25(14-15-25)24(28)26-17-18-6-4-3-5-7-18;3-2(4,5)1(6)7/h3-13,16,27H,14-15,17H2,1-2H3,(H,26,28);(H,6,7). The number of alkyl halides is 3. The minimum absolute atomic E-state index is 0.00925. The number of carbonyl (C=O) groups excluding carboxylic acids is 1. The van der Waals surface area contributed by atoms with Gasteiger partial charge in [-0.25, -0.2) is 13.2 Å². The number of aliphatic carboxylic acids is 1. The predicted octanol–water partition coefficient (Wildman–Crippen LogP) is 4.49. The Kier molecular flexibility index (Phi) is 9.30. The molecule has 214 valence electrons. The van der Waals surface area contributed by atoms with Crippen molar-refractivity contribution in [2.24, 2.45) is 0 Å². The number of hydrogen-bond acceptors (Lipinski definition) is 6. The minimum atomic E-state index is -5.08. The van der Waals surface area contributed by atoms with Gasteiger partial charge in [0.25, 0.3) is 10.0 Å². The van der Waals surface area contributed by atoms with Crippen molar-refractivity contribution in [3.63, 3.8) is 0 Å². The molecule has 1 fully saturated rings. The maximum absolute atomic E-state index is 12.9. The van der Waals surface area contributed by atoms with Crippen LogP contribution in [0.2, 0.25) is 0 Å². The average Bonchev–Trinajstić information content (AvgIpc) is 3.74. The summed E-state index contributed by atoms with van der Waals surface area (Å²) in [5.74, 6) is -1.99. The number of ether oxygens (including phenoxy) is 2. The van der Waals surface area contributed by atoms with E-state index in [0.29, 0.717) is 23.7 Å². The predicted molar refractivity (Wildman–Crippen MR) is 140 cm³/mol. The number of hydrogen-bond donors (Lipinski definition) is 3. The number of methoxy groups -OCH3 is 2. The van der Waals surface area contributed by atoms with Crippen LogP contribution in [0.15, 0.2) is 77.7 Å². The Morgan fingerprint density at radius 3 is 2.00 bits per heavy atom. The highest BCUT2D eigenvalue weighted by Gasteiger charge is 2.51. The van der Waals surface area contributed by atoms with Crippen LogP contribution in [0.4, 0.5) is 18.9 Å². The van der Waals surface area contributed by atoms with Crippen LogP contribution in [-0.4, -0.2) is 45.8 Å². The van der Waals surface area contributed by atoms with E-state index in [2.05, 4.69) is 10.0 Å². The summed E-state index contributed by atoms with van der Waals surface area (Å²) in [7, 11) is -0.889. The Hall–Kier alpha value is -4.26. The van der Waals surface area contributed by atoms with E-state index in [1.54, 1.807) is 18.2 Å². The molecule has 0 saturated heterocycles. The number of rotatable bonds is 9. The summed E-state index contributed by atoms with van der Waals surface area (Å²) in [5.41, 5.74) is 1.79. The van der Waals surface area contributed by atoms with Crippen LogP contribution in [0.25, 0.3) is 0 Å². The largest absolute Gasteiger partial charge is 0.493 e. The fourth-order valence-electron chi connectivity index (χ4n) is 3.77. The summed E-state index contributed by atoms with van der Waals surface area (Å²) in [6.45, 7) is 0.477. The molecule has 3 aromatic carbocycles. The third-order valence-corrected chi connectivity index (χ3v) is 7.46. The quantitative estimate of drug-likeness (QED) is 0.340. The molecular weight excluding hydrogens is 553 g/mol. The molecule has 1 saturated carbocycles. The van der Waals surface area contributed by atoms with E-state index in [0.717, 1.165) is 24.0 Å². The number of halogens is 3. The van der Waals surface area contributed by atoms with Crippen molar-refractivity contribution in [1.82, 2.24) is 5.32 Å². The highest BCUT2D eigenvalue weighted by atomic mass is 32.2. The number of amides is 1. The summed E-state index contributed by atoms with van der Waals surface area (Å²) in [6.07, 6.45) is -3.55. The van der Waals surface area contributed by atoms with Gasteiger partial charge < -0.3 is 19.9 Å². The van der Waals surface area contributed by atoms with Gasteiger partial charge in [-0.2, -0.15) is 13.2 Å². The monoisotopic (exact) mass is 580 g/mol. The molecule has 0 radical (unpaired) electrons. The van der Waals surface area contributed by atoms with Gasteiger partial charge in [0.15, 0.2) is 11.5 Å². The molecule has 3 aromatic rings. The lowest BCUT2D eigenvalue weighted by Gasteiger charge is -2.17. The van der Waals surface area contributed by atoms with Gasteiger partial charge in [0.1, 0.15) is 0 Å². The molecule has 0 atom stereocenters. The molecule has 0 aromatic heterocycles. The molecule has 1 aliphatic carbocycles. The summed E-state index contributed by atoms with van der Waals surface area (Å²) in [5, 5.41) is 10.1. The van der Waals surface area contributed by atoms with E-state index in [-0.39, 0.29) is 10.8 Å². The Bertz CT molecular complexity index is 1440. The fourth-order valence-corrected chi connectivity index (χ4v) is 4.85. The lowest BCUT2D eigenvalue weighted by atomic mass is 9.94. The zero-order chi connectivity index (χ0) is 29.6. The summed E-state index contributed by atoms with van der Waals surface area (Å²) in [4.78, 5) is 21.8. The van der Waals surface area contributed by atoms with Crippen molar-refractivity contribution in [2.75, 3.05) is 18.9 Å². The van der Waals surface area contributed by atoms with Gasteiger partial charge in [-0.1, -0.05) is 42.5 Å². The van der Waals surface area contributed by atoms with Crippen LogP contribution in [-0.2, 0) is 31.6 Å². The summed E-state index contributed by atoms with van der Waals surface area (Å²) < 4.78 is 70.3. The number of carboxylic acids is 1. The molecule has 1 aliphatic rings. The van der Waals surface area contributed by atoms with Crippen LogP contribution in [0.5, 0.6) is 11.5 Å². The van der Waals surface area contributed by atoms with Gasteiger partial charge in [0.2, 0.25) is 5.91 Å². The minimum Gasteiger partial charge on any atom is -0.493 e. The molecule has 40 heavy (non-hydrogen) atoms. The second-order valence-electron chi connectivity index (χ2n) is 8.75. The van der Waals surface area contributed by atoms with Gasteiger partial charge in [-0.05, 0) is 48.2 Å². The van der Waals surface area contributed by atoms with E-state index in [4.69, 9.17) is 19.4 Å². The van der Waals surface area contributed by atoms with E-state index in [1.165, 1.54) is 26.4 Å². The first-order valence-electron chi connectivity index (χ1n) is 11.8. The van der Waals surface area contributed by atoms with Crippen molar-refractivity contribution in [3.05, 3.63) is 83.9 Å². The Morgan fingerprint density at radius 1 is 0.925 bits per heavy atom. The number of nitrogens with one attached hydrogen (secondary N) is 2. The first kappa shape index (κ1) is 30.3. The lowest BCUT2D eigenvalue weighted by molar-refractivity contribution is -0.192. The zero-order valence-corrected chi connectivity index (χ0v) is 22.3. The molecule has 0 bridgehead atoms. The molecule has 0 heterocycles. The number of anilines is 1. The van der Waals surface area contributed by atoms with Crippen LogP contribution < -0.4 is 19.5 Å². The molecule has 0 unspecified atom stereocenters. The Morgan fingerprint density at radius 2 is 1.50 bits per heavy atom. The average molecular weight is 581 g/mol. The smallest absolute Gasteiger partial charge is 0.490 e. The van der Waals surface area contributed by atoms with Crippen molar-refractivity contribution in [1.29, 1.82) is 0 Å². The molecule has 9 nitrogen and oxygen atoms in total. The van der Waals surface area contributed by atoms with Crippen molar-refractivity contribution >= 4 is 27.6 Å². The number of carboxylic acid groups (broad SMARTS) is 1. The maximum atomic E-state index is 12.9. The second kappa shape index (κ2) is 12.3. The van der Waals surface area contributed by atoms with Crippen molar-refractivity contribution in [3.8, 4) is 11.5 Å². The normalized spacial score (nSPS) is 13.7. The second-order valence-corrected chi connectivity index (χ2v) is 10.4. The Balaban J connectivity index is 0.000000559. The van der Waals surface area contributed by atoms with Crippen LogP contribution in [0.1, 0.15) is 24.0 Å². The maximum Gasteiger partial charge on any atom is 0.490 e. The first-order chi connectivity index (χ1) is 18.8. The fraction of sp³-hybridized carbons (Fsp3) is 0.259. The van der Waals surface area contributed by atoms with E-state index in [1.807, 2.05) is 42.5 Å². The van der Waals surface area contributed by atoms with Crippen LogP contribution in [0, 0.1) is 0 Å². The zero-order valence-electron chi connectivity index (χ0n) is 21.5. The van der Waals surface area contributed by atoms with E-state index in [9.17, 15) is 26.4 Å². The molecular formula is C27H27F3N2O7S. The van der Waals surface area contributed by atoms with Crippen LogP contribution in [0.3, 0.4) is 0 Å². The molecule has 0 aliphatic heterocycles. The van der Waals surface area contributed by atoms with E-state index >= 15 is 0 Å². The van der Waals surface area contributed by atoms with Gasteiger partial charge in [-0.3, -0.25) is 9.52 Å². The first-order valence-corrected chi connectivity index (χ1v) is 13.3. The summed E-state index contributed by atoms with van der Waals surface area (Å²) in [6, 6.07) is 21.1. The van der Waals surface area contributed by atoms with Crippen molar-refractivity contribution < 1.29 is 45.8 Å². The highest BCUT2D eigenvalue weighted by molar-refractivity contribution is 7.92. The lowest BCUT2D eigenvalue weighted by Crippen LogP contribution is -2.34. The number of benzene rings is 3. The van der Waals surface area contributed by atoms with Gasteiger partial charge in [-0.15, -0.1) is 0 Å². The SMILES string of the molecule is COc1ccc(S(=O)(=O)Nc2ccc(C3(C(=O)NCc4ccccc4)CC3)cc2)cc1OC.O=C(O)C(F)(F)F. The molecule has 3 N–H and O–H groups in total. The molecule has 0 spiro atoms. The van der Waals surface area contributed by atoms with Gasteiger partial charge in [0, 0.05) is 18.3 Å².